The van der Waals surface area contributed by atoms with Crippen LogP contribution in [0.4, 0.5) is 4.79 Å². The maximum absolute atomic E-state index is 11.8. The van der Waals surface area contributed by atoms with Gasteiger partial charge < -0.3 is 20.2 Å². The van der Waals surface area contributed by atoms with E-state index >= 15 is 0 Å². The molecule has 0 aliphatic carbocycles. The van der Waals surface area contributed by atoms with Gasteiger partial charge in [0.05, 0.1) is 6.61 Å². The first-order chi connectivity index (χ1) is 10.7. The van der Waals surface area contributed by atoms with Crippen LogP contribution in [-0.2, 0) is 6.42 Å². The first-order valence-corrected chi connectivity index (χ1v) is 8.05. The van der Waals surface area contributed by atoms with Crippen LogP contribution < -0.4 is 5.32 Å². The smallest absolute Gasteiger partial charge is 0.317 e. The highest BCUT2D eigenvalue weighted by Gasteiger charge is 2.22. The van der Waals surface area contributed by atoms with Gasteiger partial charge in [-0.05, 0) is 30.9 Å². The molecule has 22 heavy (non-hydrogen) atoms. The minimum atomic E-state index is -0.100. The molecule has 1 aliphatic heterocycles. The summed E-state index contributed by atoms with van der Waals surface area (Å²) in [7, 11) is 1.70. The lowest BCUT2D eigenvalue weighted by atomic mass is 10.1. The number of benzene rings is 1. The van der Waals surface area contributed by atoms with Crippen LogP contribution in [0.2, 0.25) is 0 Å². The summed E-state index contributed by atoms with van der Waals surface area (Å²) in [6.07, 6.45) is 2.22. The average Bonchev–Trinajstić information content (AvgIpc) is 3.00. The van der Waals surface area contributed by atoms with Crippen LogP contribution >= 0.6 is 0 Å². The first kappa shape index (κ1) is 16.8. The second kappa shape index (κ2) is 8.76. The Kier molecular flexibility index (Phi) is 6.68. The average molecular weight is 305 g/mol. The van der Waals surface area contributed by atoms with Crippen molar-refractivity contribution in [1.29, 1.82) is 0 Å². The van der Waals surface area contributed by atoms with Gasteiger partial charge in [-0.15, -0.1) is 0 Å². The molecule has 0 spiro atoms. The molecule has 5 heteroatoms. The fourth-order valence-corrected chi connectivity index (χ4v) is 2.83. The summed E-state index contributed by atoms with van der Waals surface area (Å²) in [5, 5.41) is 11.8. The van der Waals surface area contributed by atoms with Crippen molar-refractivity contribution in [1.82, 2.24) is 15.1 Å². The fourth-order valence-electron chi connectivity index (χ4n) is 2.83. The molecule has 1 aromatic rings. The third kappa shape index (κ3) is 5.31. The predicted octanol–water partition coefficient (Wildman–Crippen LogP) is 1.18. The number of nitrogens with zero attached hydrogens (tertiary/aromatic N) is 2. The number of nitrogens with one attached hydrogen (secondary N) is 1. The summed E-state index contributed by atoms with van der Waals surface area (Å²) in [4.78, 5) is 15.8. The molecular formula is C17H27N3O2. The van der Waals surface area contributed by atoms with Gasteiger partial charge in [0.15, 0.2) is 0 Å². The Balaban J connectivity index is 1.64. The van der Waals surface area contributed by atoms with Crippen molar-refractivity contribution >= 4 is 6.03 Å². The van der Waals surface area contributed by atoms with Crippen molar-refractivity contribution in [3.05, 3.63) is 35.9 Å². The van der Waals surface area contributed by atoms with Gasteiger partial charge in [0.1, 0.15) is 0 Å². The molecule has 1 aliphatic rings. The lowest BCUT2D eigenvalue weighted by molar-refractivity contribution is 0.189. The standard InChI is InChI=1S/C17H27N3O2/c1-19(11-12-21)17(22)18-13-16-8-10-20(14-16)9-7-15-5-3-2-4-6-15/h2-6,16,21H,7-14H2,1H3,(H,18,22). The van der Waals surface area contributed by atoms with Gasteiger partial charge in [-0.25, -0.2) is 4.79 Å². The maximum Gasteiger partial charge on any atom is 0.317 e. The molecular weight excluding hydrogens is 278 g/mol. The normalized spacial score (nSPS) is 18.4. The molecule has 1 aromatic carbocycles. The largest absolute Gasteiger partial charge is 0.395 e. The zero-order valence-electron chi connectivity index (χ0n) is 13.4. The zero-order chi connectivity index (χ0) is 15.8. The Morgan fingerprint density at radius 2 is 2.18 bits per heavy atom. The van der Waals surface area contributed by atoms with Crippen molar-refractivity contribution in [2.24, 2.45) is 5.92 Å². The lowest BCUT2D eigenvalue weighted by Crippen LogP contribution is -2.41. The highest BCUT2D eigenvalue weighted by Crippen LogP contribution is 2.16. The van der Waals surface area contributed by atoms with Gasteiger partial charge in [-0.3, -0.25) is 0 Å². The van der Waals surface area contributed by atoms with Crippen molar-refractivity contribution in [2.45, 2.75) is 12.8 Å². The van der Waals surface area contributed by atoms with Crippen LogP contribution in [0.5, 0.6) is 0 Å². The van der Waals surface area contributed by atoms with E-state index in [0.717, 1.165) is 39.0 Å². The molecule has 1 heterocycles. The monoisotopic (exact) mass is 305 g/mol. The van der Waals surface area contributed by atoms with Crippen LogP contribution in [0.3, 0.4) is 0 Å². The van der Waals surface area contributed by atoms with E-state index in [-0.39, 0.29) is 12.6 Å². The van der Waals surface area contributed by atoms with Crippen LogP contribution in [0.1, 0.15) is 12.0 Å². The van der Waals surface area contributed by atoms with Gasteiger partial charge in [0.2, 0.25) is 0 Å². The van der Waals surface area contributed by atoms with Gasteiger partial charge in [-0.1, -0.05) is 30.3 Å². The van der Waals surface area contributed by atoms with Crippen molar-refractivity contribution in [3.63, 3.8) is 0 Å². The number of hydrogen-bond donors (Lipinski definition) is 2. The van der Waals surface area contributed by atoms with E-state index < -0.39 is 0 Å². The number of likely N-dealkylation sites (N-methyl/N-ethyl adjacent to an activating group) is 1. The Bertz CT molecular complexity index is 452. The summed E-state index contributed by atoms with van der Waals surface area (Å²) in [6, 6.07) is 10.5. The Labute approximate surface area is 132 Å². The molecule has 1 fully saturated rings. The quantitative estimate of drug-likeness (QED) is 0.795. The van der Waals surface area contributed by atoms with Gasteiger partial charge in [0, 0.05) is 33.2 Å². The van der Waals surface area contributed by atoms with Crippen LogP contribution in [0.15, 0.2) is 30.3 Å². The molecule has 2 rings (SSSR count). The maximum atomic E-state index is 11.8. The molecule has 1 saturated heterocycles. The lowest BCUT2D eigenvalue weighted by Gasteiger charge is -2.19. The van der Waals surface area contributed by atoms with E-state index in [1.165, 1.54) is 10.5 Å². The Hall–Kier alpha value is -1.59. The molecule has 0 radical (unpaired) electrons. The molecule has 1 unspecified atom stereocenters. The number of hydrogen-bond acceptors (Lipinski definition) is 3. The topological polar surface area (TPSA) is 55.8 Å². The number of carbonyl (C=O) groups excluding carboxylic acids is 1. The second-order valence-corrected chi connectivity index (χ2v) is 6.02. The molecule has 2 amide bonds. The predicted molar refractivity (Wildman–Crippen MR) is 87.8 cm³/mol. The molecule has 0 saturated carbocycles. The molecule has 0 bridgehead atoms. The summed E-state index contributed by atoms with van der Waals surface area (Å²) in [5.74, 6) is 0.530. The molecule has 2 N–H and O–H groups in total. The molecule has 122 valence electrons. The second-order valence-electron chi connectivity index (χ2n) is 6.02. The number of carbonyl (C=O) groups is 1. The molecule has 0 aromatic heterocycles. The van der Waals surface area contributed by atoms with Crippen LogP contribution in [0.25, 0.3) is 0 Å². The highest BCUT2D eigenvalue weighted by atomic mass is 16.3. The van der Waals surface area contributed by atoms with Crippen molar-refractivity contribution in [3.8, 4) is 0 Å². The SMILES string of the molecule is CN(CCO)C(=O)NCC1CCN(CCc2ccccc2)C1. The van der Waals surface area contributed by atoms with E-state index in [1.54, 1.807) is 7.05 Å². The van der Waals surface area contributed by atoms with Crippen molar-refractivity contribution in [2.75, 3.05) is 46.4 Å². The minimum absolute atomic E-state index is 0.000607. The van der Waals surface area contributed by atoms with Gasteiger partial charge in [0.25, 0.3) is 0 Å². The summed E-state index contributed by atoms with van der Waals surface area (Å²) in [5.41, 5.74) is 1.38. The summed E-state index contributed by atoms with van der Waals surface area (Å²) >= 11 is 0. The number of amides is 2. The number of aliphatic hydroxyl groups excluding tert-OH is 1. The molecule has 1 atom stereocenters. The van der Waals surface area contributed by atoms with Gasteiger partial charge >= 0.3 is 6.03 Å². The first-order valence-electron chi connectivity index (χ1n) is 8.05. The van der Waals surface area contributed by atoms with Crippen LogP contribution in [-0.4, -0.2) is 67.3 Å². The minimum Gasteiger partial charge on any atom is -0.395 e. The molecule has 5 nitrogen and oxygen atoms in total. The number of rotatable bonds is 7. The third-order valence-corrected chi connectivity index (χ3v) is 4.25. The van der Waals surface area contributed by atoms with E-state index in [1.807, 2.05) is 6.07 Å². The van der Waals surface area contributed by atoms with Crippen molar-refractivity contribution < 1.29 is 9.90 Å². The van der Waals surface area contributed by atoms with Gasteiger partial charge in [-0.2, -0.15) is 0 Å². The number of aliphatic hydroxyl groups is 1. The van der Waals surface area contributed by atoms with E-state index in [0.29, 0.717) is 12.5 Å². The fraction of sp³-hybridized carbons (Fsp3) is 0.588. The third-order valence-electron chi connectivity index (χ3n) is 4.25. The summed E-state index contributed by atoms with van der Waals surface area (Å²) in [6.45, 7) is 4.34. The number of likely N-dealkylation sites (tertiary alicyclic amines) is 1. The number of urea groups is 1. The Morgan fingerprint density at radius 3 is 2.91 bits per heavy atom. The van der Waals surface area contributed by atoms with Crippen LogP contribution in [0, 0.1) is 5.92 Å². The summed E-state index contributed by atoms with van der Waals surface area (Å²) < 4.78 is 0. The Morgan fingerprint density at radius 1 is 1.41 bits per heavy atom. The van der Waals surface area contributed by atoms with E-state index in [2.05, 4.69) is 34.5 Å². The van der Waals surface area contributed by atoms with E-state index in [4.69, 9.17) is 5.11 Å². The highest BCUT2D eigenvalue weighted by molar-refractivity contribution is 5.73. The van der Waals surface area contributed by atoms with E-state index in [9.17, 15) is 4.79 Å². The zero-order valence-corrected chi connectivity index (χ0v) is 13.4.